The maximum absolute atomic E-state index is 12.4. The lowest BCUT2D eigenvalue weighted by molar-refractivity contribution is -0.0518. The number of hydrogen-bond donors (Lipinski definition) is 2. The van der Waals surface area contributed by atoms with E-state index in [2.05, 4.69) is 10.1 Å². The molecule has 0 saturated carbocycles. The summed E-state index contributed by atoms with van der Waals surface area (Å²) < 4.78 is 34.4. The number of aliphatic hydroxyl groups excluding tert-OH is 1. The van der Waals surface area contributed by atoms with Gasteiger partial charge in [-0.2, -0.15) is 8.78 Å². The molecule has 0 atom stereocenters. The molecular weight excluding hydrogens is 268 g/mol. The lowest BCUT2D eigenvalue weighted by atomic mass is 10.1. The third kappa shape index (κ3) is 5.71. The minimum Gasteiger partial charge on any atom is -0.493 e. The van der Waals surface area contributed by atoms with Gasteiger partial charge in [-0.15, -0.1) is 0 Å². The van der Waals surface area contributed by atoms with E-state index in [1.807, 2.05) is 0 Å². The summed E-state index contributed by atoms with van der Waals surface area (Å²) in [6, 6.07) is 5.04. The number of alkyl halides is 2. The third-order valence-electron chi connectivity index (χ3n) is 2.81. The maximum atomic E-state index is 12.4. The standard InChI is InChI=1S/C14H21F2NO3/c1-19-12-7-5-6-11(13(12)20-14(15)16)10-17-8-3-2-4-9-18/h5-7,14,17-18H,2-4,8-10H2,1H3. The largest absolute Gasteiger partial charge is 0.493 e. The number of methoxy groups -OCH3 is 1. The van der Waals surface area contributed by atoms with Gasteiger partial charge in [0.15, 0.2) is 11.5 Å². The highest BCUT2D eigenvalue weighted by atomic mass is 19.3. The number of nitrogens with one attached hydrogen (secondary N) is 1. The van der Waals surface area contributed by atoms with E-state index < -0.39 is 6.61 Å². The Kier molecular flexibility index (Phi) is 7.91. The van der Waals surface area contributed by atoms with Crippen LogP contribution in [0.2, 0.25) is 0 Å². The molecule has 6 heteroatoms. The fourth-order valence-corrected chi connectivity index (χ4v) is 1.85. The number of aliphatic hydroxyl groups is 1. The van der Waals surface area contributed by atoms with Crippen LogP contribution >= 0.6 is 0 Å². The molecule has 0 radical (unpaired) electrons. The van der Waals surface area contributed by atoms with Crippen molar-refractivity contribution in [2.24, 2.45) is 0 Å². The third-order valence-corrected chi connectivity index (χ3v) is 2.81. The molecule has 20 heavy (non-hydrogen) atoms. The van der Waals surface area contributed by atoms with Gasteiger partial charge in [-0.3, -0.25) is 0 Å². The molecule has 2 N–H and O–H groups in total. The van der Waals surface area contributed by atoms with Crippen molar-refractivity contribution in [3.05, 3.63) is 23.8 Å². The molecule has 0 bridgehead atoms. The average Bonchev–Trinajstić information content (AvgIpc) is 2.43. The van der Waals surface area contributed by atoms with Gasteiger partial charge < -0.3 is 19.9 Å². The molecule has 1 aromatic carbocycles. The Morgan fingerprint density at radius 3 is 2.70 bits per heavy atom. The molecule has 1 rings (SSSR count). The lowest BCUT2D eigenvalue weighted by Crippen LogP contribution is -2.16. The molecule has 0 aromatic heterocycles. The van der Waals surface area contributed by atoms with E-state index in [9.17, 15) is 8.78 Å². The molecule has 1 aromatic rings. The quantitative estimate of drug-likeness (QED) is 0.650. The molecule has 0 aliphatic heterocycles. The summed E-state index contributed by atoms with van der Waals surface area (Å²) >= 11 is 0. The highest BCUT2D eigenvalue weighted by Crippen LogP contribution is 2.32. The van der Waals surface area contributed by atoms with E-state index in [4.69, 9.17) is 9.84 Å². The molecule has 114 valence electrons. The van der Waals surface area contributed by atoms with E-state index in [1.165, 1.54) is 7.11 Å². The highest BCUT2D eigenvalue weighted by Gasteiger charge is 2.14. The second kappa shape index (κ2) is 9.50. The number of unbranched alkanes of at least 4 members (excludes halogenated alkanes) is 2. The Morgan fingerprint density at radius 2 is 2.05 bits per heavy atom. The zero-order valence-corrected chi connectivity index (χ0v) is 11.6. The van der Waals surface area contributed by atoms with Crippen molar-refractivity contribution in [1.82, 2.24) is 5.32 Å². The SMILES string of the molecule is COc1cccc(CNCCCCCO)c1OC(F)F. The normalized spacial score (nSPS) is 10.8. The number of ether oxygens (including phenoxy) is 2. The fourth-order valence-electron chi connectivity index (χ4n) is 1.85. The van der Waals surface area contributed by atoms with Crippen LogP contribution in [0, 0.1) is 0 Å². The summed E-state index contributed by atoms with van der Waals surface area (Å²) in [5.74, 6) is 0.373. The molecule has 0 spiro atoms. The van der Waals surface area contributed by atoms with Gasteiger partial charge in [-0.25, -0.2) is 0 Å². The summed E-state index contributed by atoms with van der Waals surface area (Å²) in [5, 5.41) is 11.8. The van der Waals surface area contributed by atoms with E-state index in [0.29, 0.717) is 17.9 Å². The lowest BCUT2D eigenvalue weighted by Gasteiger charge is -2.14. The van der Waals surface area contributed by atoms with E-state index in [-0.39, 0.29) is 12.4 Å². The summed E-state index contributed by atoms with van der Waals surface area (Å²) in [4.78, 5) is 0. The summed E-state index contributed by atoms with van der Waals surface area (Å²) in [5.41, 5.74) is 0.631. The second-order valence-electron chi connectivity index (χ2n) is 4.29. The molecule has 0 aliphatic carbocycles. The maximum Gasteiger partial charge on any atom is 0.387 e. The first kappa shape index (κ1) is 16.7. The van der Waals surface area contributed by atoms with Crippen molar-refractivity contribution < 1.29 is 23.4 Å². The Morgan fingerprint density at radius 1 is 1.25 bits per heavy atom. The predicted molar refractivity (Wildman–Crippen MR) is 72.3 cm³/mol. The number of hydrogen-bond acceptors (Lipinski definition) is 4. The van der Waals surface area contributed by atoms with Crippen molar-refractivity contribution in [1.29, 1.82) is 0 Å². The van der Waals surface area contributed by atoms with Crippen molar-refractivity contribution >= 4 is 0 Å². The van der Waals surface area contributed by atoms with Gasteiger partial charge >= 0.3 is 6.61 Å². The van der Waals surface area contributed by atoms with Crippen LogP contribution in [0.25, 0.3) is 0 Å². The molecule has 0 unspecified atom stereocenters. The summed E-state index contributed by atoms with van der Waals surface area (Å²) in [7, 11) is 1.42. The predicted octanol–water partition coefficient (Wildman–Crippen LogP) is 2.55. The van der Waals surface area contributed by atoms with Crippen LogP contribution in [0.3, 0.4) is 0 Å². The zero-order valence-electron chi connectivity index (χ0n) is 11.6. The highest BCUT2D eigenvalue weighted by molar-refractivity contribution is 5.46. The smallest absolute Gasteiger partial charge is 0.387 e. The topological polar surface area (TPSA) is 50.7 Å². The summed E-state index contributed by atoms with van der Waals surface area (Å²) in [6.45, 7) is -1.50. The molecule has 0 fully saturated rings. The van der Waals surface area contributed by atoms with Gasteiger partial charge in [0.25, 0.3) is 0 Å². The van der Waals surface area contributed by atoms with E-state index >= 15 is 0 Å². The van der Waals surface area contributed by atoms with E-state index in [0.717, 1.165) is 25.8 Å². The molecular formula is C14H21F2NO3. The Labute approximate surface area is 117 Å². The minimum atomic E-state index is -2.88. The van der Waals surface area contributed by atoms with Crippen LogP contribution in [0.5, 0.6) is 11.5 Å². The molecule has 0 saturated heterocycles. The van der Waals surface area contributed by atoms with Crippen molar-refractivity contribution in [3.8, 4) is 11.5 Å². The molecule has 0 aliphatic rings. The number of rotatable bonds is 10. The Hall–Kier alpha value is -1.40. The number of halogens is 2. The molecule has 4 nitrogen and oxygen atoms in total. The van der Waals surface area contributed by atoms with Crippen LogP contribution in [0.15, 0.2) is 18.2 Å². The van der Waals surface area contributed by atoms with Gasteiger partial charge in [0.2, 0.25) is 0 Å². The van der Waals surface area contributed by atoms with Gasteiger partial charge in [0, 0.05) is 18.7 Å². The van der Waals surface area contributed by atoms with Gasteiger partial charge in [0.05, 0.1) is 7.11 Å². The number of para-hydroxylation sites is 1. The van der Waals surface area contributed by atoms with Crippen LogP contribution in [0.1, 0.15) is 24.8 Å². The van der Waals surface area contributed by atoms with Crippen LogP contribution in [-0.2, 0) is 6.54 Å². The zero-order chi connectivity index (χ0) is 14.8. The summed E-state index contributed by atoms with van der Waals surface area (Å²) in [6.07, 6.45) is 2.64. The first-order valence-electron chi connectivity index (χ1n) is 6.61. The van der Waals surface area contributed by atoms with E-state index in [1.54, 1.807) is 18.2 Å². The van der Waals surface area contributed by atoms with Crippen molar-refractivity contribution in [2.45, 2.75) is 32.4 Å². The van der Waals surface area contributed by atoms with Crippen LogP contribution < -0.4 is 14.8 Å². The van der Waals surface area contributed by atoms with Gasteiger partial charge in [0.1, 0.15) is 0 Å². The van der Waals surface area contributed by atoms with Gasteiger partial charge in [-0.05, 0) is 31.9 Å². The Bertz CT molecular complexity index is 389. The van der Waals surface area contributed by atoms with Crippen molar-refractivity contribution in [2.75, 3.05) is 20.3 Å². The monoisotopic (exact) mass is 289 g/mol. The van der Waals surface area contributed by atoms with Crippen LogP contribution in [-0.4, -0.2) is 32.0 Å². The van der Waals surface area contributed by atoms with Gasteiger partial charge in [-0.1, -0.05) is 12.1 Å². The van der Waals surface area contributed by atoms with Crippen LogP contribution in [0.4, 0.5) is 8.78 Å². The minimum absolute atomic E-state index is 0.0767. The molecule has 0 amide bonds. The number of benzene rings is 1. The second-order valence-corrected chi connectivity index (χ2v) is 4.29. The average molecular weight is 289 g/mol. The fraction of sp³-hybridized carbons (Fsp3) is 0.571. The molecule has 0 heterocycles. The Balaban J connectivity index is 2.55. The first-order chi connectivity index (χ1) is 9.69. The van der Waals surface area contributed by atoms with Crippen molar-refractivity contribution in [3.63, 3.8) is 0 Å². The first-order valence-corrected chi connectivity index (χ1v) is 6.61.